The number of hydrogen-bond acceptors (Lipinski definition) is 0. The predicted octanol–water partition coefficient (Wildman–Crippen LogP) is 2.15. The van der Waals surface area contributed by atoms with Gasteiger partial charge in [0.15, 0.2) is 0 Å². The molecule has 1 fully saturated rings. The Bertz CT molecular complexity index is 35.3. The smallest absolute Gasteiger partial charge is 0.0241 e. The summed E-state index contributed by atoms with van der Waals surface area (Å²) in [7, 11) is 0. The van der Waals surface area contributed by atoms with E-state index in [1.54, 1.807) is 5.92 Å². The van der Waals surface area contributed by atoms with Crippen LogP contribution in [0.15, 0.2) is 0 Å². The molecule has 0 saturated heterocycles. The van der Waals surface area contributed by atoms with Gasteiger partial charge < -0.3 is 0 Å². The van der Waals surface area contributed by atoms with E-state index >= 15 is 0 Å². The first-order valence-corrected chi connectivity index (χ1v) is 2.77. The lowest BCUT2D eigenvalue weighted by molar-refractivity contribution is 0.883. The summed E-state index contributed by atoms with van der Waals surface area (Å²) < 4.78 is 0. The monoisotopic (exact) mass is 83.1 g/mol. The molecule has 0 nitrogen and oxygen atoms in total. The average Bonchev–Trinajstić information content (AvgIpc) is 2.21. The Balaban J connectivity index is 1.88. The largest absolute Gasteiger partial charge is 0.0654 e. The maximum atomic E-state index is 2.24. The van der Waals surface area contributed by atoms with Crippen molar-refractivity contribution in [1.29, 1.82) is 0 Å². The quantitative estimate of drug-likeness (QED) is 0.480. The highest BCUT2D eigenvalue weighted by Gasteiger charge is 2.19. The Morgan fingerprint density at radius 3 is 2.33 bits per heavy atom. The van der Waals surface area contributed by atoms with Crippen LogP contribution >= 0.6 is 0 Å². The van der Waals surface area contributed by atoms with E-state index in [-0.39, 0.29) is 0 Å². The second kappa shape index (κ2) is 1.63. The van der Waals surface area contributed by atoms with Crippen LogP contribution in [0.25, 0.3) is 0 Å². The van der Waals surface area contributed by atoms with Crippen LogP contribution in [0.2, 0.25) is 0 Å². The summed E-state index contributed by atoms with van der Waals surface area (Å²) in [4.78, 5) is 0. The molecule has 0 spiro atoms. The summed E-state index contributed by atoms with van der Waals surface area (Å²) in [6.45, 7) is 2.24. The number of hydrogen-bond donors (Lipinski definition) is 0. The van der Waals surface area contributed by atoms with Crippen molar-refractivity contribution < 1.29 is 0 Å². The van der Waals surface area contributed by atoms with Crippen LogP contribution in [0, 0.1) is 5.92 Å². The van der Waals surface area contributed by atoms with E-state index < -0.39 is 0 Å². The molecular weight excluding hydrogens is 72.1 g/mol. The van der Waals surface area contributed by atoms with Gasteiger partial charge in [-0.2, -0.15) is 0 Å². The maximum absolute atomic E-state index is 2.24. The van der Waals surface area contributed by atoms with Gasteiger partial charge in [-0.15, -0.1) is 0 Å². The van der Waals surface area contributed by atoms with E-state index in [2.05, 4.69) is 6.92 Å². The van der Waals surface area contributed by atoms with Crippen molar-refractivity contribution in [2.75, 3.05) is 0 Å². The molecule has 6 heavy (non-hydrogen) atoms. The fraction of sp³-hybridized carbons (Fsp3) is 0.833. The molecule has 0 aromatic rings. The molecule has 0 heterocycles. The van der Waals surface area contributed by atoms with Gasteiger partial charge in [0.2, 0.25) is 0 Å². The van der Waals surface area contributed by atoms with Crippen molar-refractivity contribution in [1.82, 2.24) is 0 Å². The second-order valence-corrected chi connectivity index (χ2v) is 2.00. The van der Waals surface area contributed by atoms with E-state index in [1.165, 1.54) is 25.7 Å². The highest BCUT2D eigenvalue weighted by Crippen LogP contribution is 2.35. The second-order valence-electron chi connectivity index (χ2n) is 2.00. The van der Waals surface area contributed by atoms with Crippen LogP contribution in [0.4, 0.5) is 0 Å². The van der Waals surface area contributed by atoms with Gasteiger partial charge in [-0.05, 0) is 25.2 Å². The Labute approximate surface area is 39.6 Å². The van der Waals surface area contributed by atoms with Crippen LogP contribution in [0.1, 0.15) is 32.6 Å². The molecule has 0 aromatic heterocycles. The first kappa shape index (κ1) is 4.17. The molecule has 1 aliphatic rings. The summed E-state index contributed by atoms with van der Waals surface area (Å²) in [6.07, 6.45) is 5.64. The topological polar surface area (TPSA) is 0 Å². The van der Waals surface area contributed by atoms with E-state index in [0.717, 1.165) is 0 Å². The third kappa shape index (κ3) is 1.00. The lowest BCUT2D eigenvalue weighted by Crippen LogP contribution is -1.65. The molecule has 1 rings (SSSR count). The third-order valence-electron chi connectivity index (χ3n) is 1.21. The SMILES string of the molecule is CCC[C]1CC1. The van der Waals surface area contributed by atoms with Crippen molar-refractivity contribution >= 4 is 0 Å². The Morgan fingerprint density at radius 2 is 2.17 bits per heavy atom. The fourth-order valence-electron chi connectivity index (χ4n) is 0.692. The molecule has 1 aliphatic carbocycles. The van der Waals surface area contributed by atoms with Gasteiger partial charge in [-0.25, -0.2) is 0 Å². The minimum atomic E-state index is 1.36. The normalized spacial score (nSPS) is 21.5. The summed E-state index contributed by atoms with van der Waals surface area (Å²) in [5.74, 6) is 1.79. The Morgan fingerprint density at radius 1 is 1.50 bits per heavy atom. The van der Waals surface area contributed by atoms with Gasteiger partial charge in [-0.1, -0.05) is 13.3 Å². The molecule has 0 heteroatoms. The van der Waals surface area contributed by atoms with E-state index in [1.807, 2.05) is 0 Å². The number of rotatable bonds is 2. The van der Waals surface area contributed by atoms with Crippen LogP contribution < -0.4 is 0 Å². The van der Waals surface area contributed by atoms with Crippen LogP contribution in [0.3, 0.4) is 0 Å². The molecule has 0 bridgehead atoms. The molecule has 35 valence electrons. The van der Waals surface area contributed by atoms with Crippen molar-refractivity contribution in [3.8, 4) is 0 Å². The van der Waals surface area contributed by atoms with E-state index in [4.69, 9.17) is 0 Å². The minimum Gasteiger partial charge on any atom is -0.0654 e. The van der Waals surface area contributed by atoms with E-state index in [9.17, 15) is 0 Å². The summed E-state index contributed by atoms with van der Waals surface area (Å²) in [5.41, 5.74) is 0. The maximum Gasteiger partial charge on any atom is -0.0241 e. The van der Waals surface area contributed by atoms with Crippen molar-refractivity contribution in [2.24, 2.45) is 0 Å². The van der Waals surface area contributed by atoms with Crippen molar-refractivity contribution in [3.63, 3.8) is 0 Å². The summed E-state index contributed by atoms with van der Waals surface area (Å²) in [6, 6.07) is 0. The zero-order valence-electron chi connectivity index (χ0n) is 4.33. The Kier molecular flexibility index (Phi) is 1.13. The molecular formula is C6H11. The zero-order chi connectivity index (χ0) is 4.41. The molecule has 0 aliphatic heterocycles. The van der Waals surface area contributed by atoms with Gasteiger partial charge in [0.25, 0.3) is 0 Å². The van der Waals surface area contributed by atoms with Gasteiger partial charge >= 0.3 is 0 Å². The molecule has 0 amide bonds. The van der Waals surface area contributed by atoms with Crippen LogP contribution in [0.5, 0.6) is 0 Å². The third-order valence-corrected chi connectivity index (χ3v) is 1.21. The van der Waals surface area contributed by atoms with E-state index in [0.29, 0.717) is 0 Å². The molecule has 1 radical (unpaired) electrons. The predicted molar refractivity (Wildman–Crippen MR) is 27.4 cm³/mol. The summed E-state index contributed by atoms with van der Waals surface area (Å²) in [5, 5.41) is 0. The lowest BCUT2D eigenvalue weighted by atomic mass is 10.2. The van der Waals surface area contributed by atoms with Crippen molar-refractivity contribution in [3.05, 3.63) is 5.92 Å². The zero-order valence-corrected chi connectivity index (χ0v) is 4.33. The van der Waals surface area contributed by atoms with Gasteiger partial charge in [0, 0.05) is 0 Å². The van der Waals surface area contributed by atoms with Crippen LogP contribution in [-0.2, 0) is 0 Å². The molecule has 0 N–H and O–H groups in total. The summed E-state index contributed by atoms with van der Waals surface area (Å²) >= 11 is 0. The highest BCUT2D eigenvalue weighted by molar-refractivity contribution is 5.04. The van der Waals surface area contributed by atoms with Crippen molar-refractivity contribution in [2.45, 2.75) is 32.6 Å². The highest BCUT2D eigenvalue weighted by atomic mass is 14.2. The first-order chi connectivity index (χ1) is 2.93. The lowest BCUT2D eigenvalue weighted by Gasteiger charge is -1.82. The standard InChI is InChI=1S/C6H11/c1-2-3-6-4-5-6/h2-5H2,1H3. The Hall–Kier alpha value is 0. The van der Waals surface area contributed by atoms with Gasteiger partial charge in [0.05, 0.1) is 0 Å². The molecule has 1 saturated carbocycles. The van der Waals surface area contributed by atoms with Gasteiger partial charge in [-0.3, -0.25) is 0 Å². The average molecular weight is 83.2 g/mol. The molecule has 0 unspecified atom stereocenters. The molecule has 0 aromatic carbocycles. The fourth-order valence-corrected chi connectivity index (χ4v) is 0.692. The van der Waals surface area contributed by atoms with Crippen LogP contribution in [-0.4, -0.2) is 0 Å². The van der Waals surface area contributed by atoms with Gasteiger partial charge in [0.1, 0.15) is 0 Å². The minimum absolute atomic E-state index is 1.36. The first-order valence-electron chi connectivity index (χ1n) is 2.77. The molecule has 0 atom stereocenters.